The first kappa shape index (κ1) is 19.8. The third-order valence-corrected chi connectivity index (χ3v) is 3.60. The van der Waals surface area contributed by atoms with E-state index in [-0.39, 0.29) is 12.6 Å². The first-order chi connectivity index (χ1) is 12.6. The van der Waals surface area contributed by atoms with E-state index in [1.165, 1.54) is 0 Å². The predicted octanol–water partition coefficient (Wildman–Crippen LogP) is 1.96. The van der Waals surface area contributed by atoms with Crippen LogP contribution in [0.4, 0.5) is 0 Å². The molecule has 7 nitrogen and oxygen atoms in total. The molecule has 0 fully saturated rings. The van der Waals surface area contributed by atoms with Gasteiger partial charge < -0.3 is 20.5 Å². The summed E-state index contributed by atoms with van der Waals surface area (Å²) in [5.74, 6) is 1.48. The van der Waals surface area contributed by atoms with Crippen molar-refractivity contribution in [1.82, 2.24) is 20.4 Å². The van der Waals surface area contributed by atoms with Crippen molar-refractivity contribution in [2.24, 2.45) is 4.99 Å². The van der Waals surface area contributed by atoms with Crippen LogP contribution in [-0.2, 0) is 6.54 Å². The molecular weight excluding hydrogens is 330 g/mol. The van der Waals surface area contributed by atoms with Crippen LogP contribution in [0, 0.1) is 0 Å². The Labute approximate surface area is 155 Å². The average Bonchev–Trinajstić information content (AvgIpc) is 3.13. The summed E-state index contributed by atoms with van der Waals surface area (Å²) in [6, 6.07) is 9.38. The van der Waals surface area contributed by atoms with Gasteiger partial charge in [-0.25, -0.2) is 0 Å². The number of aliphatic hydroxyl groups excluding tert-OH is 1. The smallest absolute Gasteiger partial charge is 0.191 e. The molecule has 0 bridgehead atoms. The summed E-state index contributed by atoms with van der Waals surface area (Å²) in [5, 5.41) is 21.0. The number of aliphatic imine (C=N–C) groups is 1. The summed E-state index contributed by atoms with van der Waals surface area (Å²) in [6.45, 7) is 8.46. The second-order valence-electron chi connectivity index (χ2n) is 6.17. The molecule has 0 radical (unpaired) electrons. The molecule has 26 heavy (non-hydrogen) atoms. The van der Waals surface area contributed by atoms with Gasteiger partial charge in [0.05, 0.1) is 25.3 Å². The van der Waals surface area contributed by atoms with Gasteiger partial charge in [0.25, 0.3) is 0 Å². The number of guanidine groups is 1. The van der Waals surface area contributed by atoms with Gasteiger partial charge in [-0.05, 0) is 44.5 Å². The molecule has 3 N–H and O–H groups in total. The molecule has 0 amide bonds. The predicted molar refractivity (Wildman–Crippen MR) is 103 cm³/mol. The third kappa shape index (κ3) is 6.76. The largest absolute Gasteiger partial charge is 0.491 e. The van der Waals surface area contributed by atoms with Crippen molar-refractivity contribution in [2.45, 2.75) is 39.5 Å². The van der Waals surface area contributed by atoms with Crippen LogP contribution < -0.4 is 15.4 Å². The highest BCUT2D eigenvalue weighted by atomic mass is 16.5. The monoisotopic (exact) mass is 359 g/mol. The lowest BCUT2D eigenvalue weighted by molar-refractivity contribution is 0.186. The summed E-state index contributed by atoms with van der Waals surface area (Å²) in [4.78, 5) is 4.46. The Morgan fingerprint density at radius 3 is 2.65 bits per heavy atom. The molecule has 1 unspecified atom stereocenters. The van der Waals surface area contributed by atoms with E-state index in [0.29, 0.717) is 12.5 Å². The van der Waals surface area contributed by atoms with Crippen molar-refractivity contribution in [1.29, 1.82) is 0 Å². The number of rotatable bonds is 9. The van der Waals surface area contributed by atoms with E-state index < -0.39 is 6.10 Å². The van der Waals surface area contributed by atoms with Crippen molar-refractivity contribution in [3.05, 3.63) is 48.3 Å². The Balaban J connectivity index is 1.86. The van der Waals surface area contributed by atoms with Crippen LogP contribution in [0.1, 0.15) is 32.4 Å². The second kappa shape index (κ2) is 10.5. The highest BCUT2D eigenvalue weighted by Crippen LogP contribution is 2.19. The lowest BCUT2D eigenvalue weighted by Crippen LogP contribution is -2.39. The summed E-state index contributed by atoms with van der Waals surface area (Å²) in [6.07, 6.45) is 3.14. The fraction of sp³-hybridized carbons (Fsp3) is 0.474. The van der Waals surface area contributed by atoms with Gasteiger partial charge >= 0.3 is 0 Å². The van der Waals surface area contributed by atoms with E-state index in [4.69, 9.17) is 4.74 Å². The number of aromatic nitrogens is 2. The van der Waals surface area contributed by atoms with Crippen molar-refractivity contribution >= 4 is 5.96 Å². The van der Waals surface area contributed by atoms with Gasteiger partial charge in [-0.3, -0.25) is 9.67 Å². The number of hydrogen-bond acceptors (Lipinski definition) is 4. The number of nitrogens with zero attached hydrogens (tertiary/aromatic N) is 3. The molecule has 0 saturated heterocycles. The fourth-order valence-electron chi connectivity index (χ4n) is 2.39. The molecule has 1 heterocycles. The Kier molecular flexibility index (Phi) is 7.95. The zero-order valence-electron chi connectivity index (χ0n) is 15.7. The first-order valence-electron chi connectivity index (χ1n) is 9.02. The SMILES string of the molecule is CCNC(=NCC(O)c1ccc(OC(C)C)cc1)NCCn1cccn1. The third-order valence-electron chi connectivity index (χ3n) is 3.60. The Hall–Kier alpha value is -2.54. The zero-order chi connectivity index (χ0) is 18.8. The van der Waals surface area contributed by atoms with Gasteiger partial charge in [0.15, 0.2) is 5.96 Å². The standard InChI is InChI=1S/C19H29N5O2/c1-4-20-19(21-11-13-24-12-5-10-23-24)22-14-18(25)16-6-8-17(9-7-16)26-15(2)3/h5-10,12,15,18,25H,4,11,13-14H2,1-3H3,(H2,20,21,22). The van der Waals surface area contributed by atoms with Gasteiger partial charge in [-0.2, -0.15) is 5.10 Å². The van der Waals surface area contributed by atoms with E-state index >= 15 is 0 Å². The van der Waals surface area contributed by atoms with Gasteiger partial charge in [-0.15, -0.1) is 0 Å². The van der Waals surface area contributed by atoms with E-state index in [2.05, 4.69) is 20.7 Å². The van der Waals surface area contributed by atoms with Crippen LogP contribution >= 0.6 is 0 Å². The number of nitrogens with one attached hydrogen (secondary N) is 2. The van der Waals surface area contributed by atoms with Crippen LogP contribution in [-0.4, -0.2) is 46.6 Å². The summed E-state index contributed by atoms with van der Waals surface area (Å²) in [5.41, 5.74) is 0.817. The van der Waals surface area contributed by atoms with Crippen LogP contribution in [0.5, 0.6) is 5.75 Å². The van der Waals surface area contributed by atoms with E-state index in [0.717, 1.165) is 24.4 Å². The van der Waals surface area contributed by atoms with Crippen molar-refractivity contribution in [3.63, 3.8) is 0 Å². The summed E-state index contributed by atoms with van der Waals surface area (Å²) in [7, 11) is 0. The molecule has 1 aromatic carbocycles. The van der Waals surface area contributed by atoms with Gasteiger partial charge in [0.2, 0.25) is 0 Å². The molecule has 2 rings (SSSR count). The number of aliphatic hydroxyl groups is 1. The summed E-state index contributed by atoms with van der Waals surface area (Å²) < 4.78 is 7.47. The summed E-state index contributed by atoms with van der Waals surface area (Å²) >= 11 is 0. The maximum absolute atomic E-state index is 10.4. The van der Waals surface area contributed by atoms with Gasteiger partial charge in [0, 0.05) is 25.5 Å². The molecule has 0 saturated carbocycles. The van der Waals surface area contributed by atoms with Crippen LogP contribution in [0.25, 0.3) is 0 Å². The molecule has 2 aromatic rings. The number of hydrogen-bond donors (Lipinski definition) is 3. The van der Waals surface area contributed by atoms with E-state index in [1.54, 1.807) is 6.20 Å². The van der Waals surface area contributed by atoms with Gasteiger partial charge in [0.1, 0.15) is 5.75 Å². The highest BCUT2D eigenvalue weighted by molar-refractivity contribution is 5.79. The normalized spacial score (nSPS) is 12.9. The average molecular weight is 359 g/mol. The highest BCUT2D eigenvalue weighted by Gasteiger charge is 2.08. The molecule has 0 aliphatic heterocycles. The van der Waals surface area contributed by atoms with Crippen LogP contribution in [0.15, 0.2) is 47.7 Å². The van der Waals surface area contributed by atoms with Crippen molar-refractivity contribution in [2.75, 3.05) is 19.6 Å². The zero-order valence-corrected chi connectivity index (χ0v) is 15.7. The first-order valence-corrected chi connectivity index (χ1v) is 9.02. The number of benzene rings is 1. The Bertz CT molecular complexity index is 653. The minimum atomic E-state index is -0.662. The molecule has 1 aromatic heterocycles. The molecule has 0 aliphatic carbocycles. The topological polar surface area (TPSA) is 83.7 Å². The molecular formula is C19H29N5O2. The lowest BCUT2D eigenvalue weighted by Gasteiger charge is -2.14. The number of ether oxygens (including phenoxy) is 1. The second-order valence-corrected chi connectivity index (χ2v) is 6.17. The van der Waals surface area contributed by atoms with E-state index in [1.807, 2.05) is 62.0 Å². The quantitative estimate of drug-likeness (QED) is 0.471. The molecule has 7 heteroatoms. The minimum absolute atomic E-state index is 0.130. The Morgan fingerprint density at radius 2 is 2.04 bits per heavy atom. The Morgan fingerprint density at radius 1 is 1.27 bits per heavy atom. The molecule has 1 atom stereocenters. The van der Waals surface area contributed by atoms with Crippen molar-refractivity contribution in [3.8, 4) is 5.75 Å². The molecule has 0 spiro atoms. The fourth-order valence-corrected chi connectivity index (χ4v) is 2.39. The van der Waals surface area contributed by atoms with Crippen LogP contribution in [0.2, 0.25) is 0 Å². The minimum Gasteiger partial charge on any atom is -0.491 e. The van der Waals surface area contributed by atoms with Gasteiger partial charge in [-0.1, -0.05) is 12.1 Å². The van der Waals surface area contributed by atoms with Crippen LogP contribution in [0.3, 0.4) is 0 Å². The maximum Gasteiger partial charge on any atom is 0.191 e. The van der Waals surface area contributed by atoms with Crippen molar-refractivity contribution < 1.29 is 9.84 Å². The van der Waals surface area contributed by atoms with E-state index in [9.17, 15) is 5.11 Å². The maximum atomic E-state index is 10.4. The molecule has 142 valence electrons. The molecule has 0 aliphatic rings. The lowest BCUT2D eigenvalue weighted by atomic mass is 10.1.